The van der Waals surface area contributed by atoms with Crippen molar-refractivity contribution < 1.29 is 9.52 Å². The first-order chi connectivity index (χ1) is 7.24. The number of aromatic hydroxyl groups is 1. The third-order valence-electron chi connectivity index (χ3n) is 2.41. The van der Waals surface area contributed by atoms with E-state index >= 15 is 0 Å². The minimum atomic E-state index is 0.227. The number of phenols is 1. The van der Waals surface area contributed by atoms with Crippen LogP contribution in [-0.4, -0.2) is 5.11 Å². The maximum atomic E-state index is 9.40. The Kier molecular flexibility index (Phi) is 1.67. The molecule has 74 valence electrons. The highest BCUT2D eigenvalue weighted by Crippen LogP contribution is 2.32. The summed E-state index contributed by atoms with van der Waals surface area (Å²) in [6.45, 7) is 0. The average molecular weight is 219 g/mol. The number of hydrogen-bond acceptors (Lipinski definition) is 2. The van der Waals surface area contributed by atoms with Gasteiger partial charge in [-0.3, -0.25) is 0 Å². The van der Waals surface area contributed by atoms with E-state index < -0.39 is 0 Å². The second-order valence-electron chi connectivity index (χ2n) is 3.42. The van der Waals surface area contributed by atoms with E-state index in [9.17, 15) is 5.11 Å². The van der Waals surface area contributed by atoms with Crippen molar-refractivity contribution in [1.29, 1.82) is 0 Å². The van der Waals surface area contributed by atoms with Crippen LogP contribution in [0.2, 0.25) is 5.02 Å². The molecule has 15 heavy (non-hydrogen) atoms. The quantitative estimate of drug-likeness (QED) is 0.620. The molecular weight excluding hydrogens is 212 g/mol. The van der Waals surface area contributed by atoms with E-state index in [1.165, 1.54) is 0 Å². The summed E-state index contributed by atoms with van der Waals surface area (Å²) >= 11 is 5.91. The van der Waals surface area contributed by atoms with Gasteiger partial charge in [-0.05, 0) is 36.4 Å². The van der Waals surface area contributed by atoms with Crippen molar-refractivity contribution in [2.75, 3.05) is 0 Å². The number of fused-ring (bicyclic) bond motifs is 3. The summed E-state index contributed by atoms with van der Waals surface area (Å²) in [5.41, 5.74) is 1.53. The Morgan fingerprint density at radius 2 is 1.60 bits per heavy atom. The van der Waals surface area contributed by atoms with E-state index in [1.54, 1.807) is 24.3 Å². The molecule has 0 saturated heterocycles. The van der Waals surface area contributed by atoms with Gasteiger partial charge in [0.05, 0.1) is 0 Å². The van der Waals surface area contributed by atoms with Crippen LogP contribution in [0, 0.1) is 0 Å². The van der Waals surface area contributed by atoms with E-state index in [1.807, 2.05) is 12.1 Å². The van der Waals surface area contributed by atoms with E-state index in [-0.39, 0.29) is 5.75 Å². The van der Waals surface area contributed by atoms with E-state index in [0.717, 1.165) is 21.9 Å². The molecule has 3 aromatic rings. The molecular formula is C12H7ClO2. The Labute approximate surface area is 90.7 Å². The SMILES string of the molecule is Oc1ccc2oc3ccc(Cl)cc3c2c1. The lowest BCUT2D eigenvalue weighted by Crippen LogP contribution is -1.67. The molecule has 1 aromatic heterocycles. The highest BCUT2D eigenvalue weighted by Gasteiger charge is 2.07. The van der Waals surface area contributed by atoms with Crippen molar-refractivity contribution in [1.82, 2.24) is 0 Å². The molecule has 0 radical (unpaired) electrons. The van der Waals surface area contributed by atoms with Gasteiger partial charge in [0.2, 0.25) is 0 Å². The number of hydrogen-bond donors (Lipinski definition) is 1. The zero-order chi connectivity index (χ0) is 10.4. The number of phenolic OH excluding ortho intramolecular Hbond substituents is 1. The normalized spacial score (nSPS) is 11.3. The van der Waals surface area contributed by atoms with Gasteiger partial charge in [0, 0.05) is 15.8 Å². The molecule has 1 N–H and O–H groups in total. The molecule has 0 atom stereocenters. The van der Waals surface area contributed by atoms with Gasteiger partial charge in [-0.2, -0.15) is 0 Å². The summed E-state index contributed by atoms with van der Waals surface area (Å²) in [5.74, 6) is 0.227. The maximum absolute atomic E-state index is 9.40. The lowest BCUT2D eigenvalue weighted by Gasteiger charge is -1.91. The highest BCUT2D eigenvalue weighted by molar-refractivity contribution is 6.31. The minimum Gasteiger partial charge on any atom is -0.508 e. The zero-order valence-corrected chi connectivity index (χ0v) is 8.45. The van der Waals surface area contributed by atoms with Gasteiger partial charge in [0.1, 0.15) is 16.9 Å². The zero-order valence-electron chi connectivity index (χ0n) is 7.70. The number of rotatable bonds is 0. The largest absolute Gasteiger partial charge is 0.508 e. The van der Waals surface area contributed by atoms with Crippen LogP contribution >= 0.6 is 11.6 Å². The minimum absolute atomic E-state index is 0.227. The van der Waals surface area contributed by atoms with Crippen LogP contribution in [0.5, 0.6) is 5.75 Å². The number of furan rings is 1. The topological polar surface area (TPSA) is 33.4 Å². The fraction of sp³-hybridized carbons (Fsp3) is 0. The smallest absolute Gasteiger partial charge is 0.135 e. The highest BCUT2D eigenvalue weighted by atomic mass is 35.5. The molecule has 3 rings (SSSR count). The predicted octanol–water partition coefficient (Wildman–Crippen LogP) is 3.95. The molecule has 0 unspecified atom stereocenters. The van der Waals surface area contributed by atoms with Crippen LogP contribution in [0.3, 0.4) is 0 Å². The first-order valence-electron chi connectivity index (χ1n) is 4.55. The molecule has 0 aliphatic heterocycles. The Bertz CT molecular complexity index is 599. The molecule has 0 fully saturated rings. The molecule has 0 aliphatic carbocycles. The van der Waals surface area contributed by atoms with Crippen LogP contribution in [-0.2, 0) is 0 Å². The second-order valence-corrected chi connectivity index (χ2v) is 3.86. The van der Waals surface area contributed by atoms with Crippen LogP contribution in [0.15, 0.2) is 40.8 Å². The molecule has 3 heteroatoms. The van der Waals surface area contributed by atoms with Crippen molar-refractivity contribution in [2.45, 2.75) is 0 Å². The molecule has 0 saturated carbocycles. The van der Waals surface area contributed by atoms with E-state index in [4.69, 9.17) is 16.0 Å². The third-order valence-corrected chi connectivity index (χ3v) is 2.65. The summed E-state index contributed by atoms with van der Waals surface area (Å²) in [7, 11) is 0. The molecule has 0 aliphatic rings. The van der Waals surface area contributed by atoms with Crippen LogP contribution in [0.1, 0.15) is 0 Å². The average Bonchev–Trinajstić information content (AvgIpc) is 2.56. The summed E-state index contributed by atoms with van der Waals surface area (Å²) in [5, 5.41) is 11.9. The number of halogens is 1. The predicted molar refractivity (Wildman–Crippen MR) is 60.4 cm³/mol. The lowest BCUT2D eigenvalue weighted by molar-refractivity contribution is 0.476. The van der Waals surface area contributed by atoms with Crippen molar-refractivity contribution in [2.24, 2.45) is 0 Å². The molecule has 1 heterocycles. The van der Waals surface area contributed by atoms with Gasteiger partial charge in [-0.15, -0.1) is 0 Å². The van der Waals surface area contributed by atoms with Gasteiger partial charge in [0.15, 0.2) is 0 Å². The maximum Gasteiger partial charge on any atom is 0.135 e. The van der Waals surface area contributed by atoms with Gasteiger partial charge in [0.25, 0.3) is 0 Å². The first kappa shape index (κ1) is 8.62. The van der Waals surface area contributed by atoms with Gasteiger partial charge < -0.3 is 9.52 Å². The van der Waals surface area contributed by atoms with Crippen molar-refractivity contribution in [3.8, 4) is 5.75 Å². The fourth-order valence-corrected chi connectivity index (χ4v) is 1.91. The molecule has 0 spiro atoms. The summed E-state index contributed by atoms with van der Waals surface area (Å²) in [6.07, 6.45) is 0. The van der Waals surface area contributed by atoms with Gasteiger partial charge in [-0.25, -0.2) is 0 Å². The standard InChI is InChI=1S/C12H7ClO2/c13-7-1-3-11-9(5-7)10-6-8(14)2-4-12(10)15-11/h1-6,14H. The van der Waals surface area contributed by atoms with E-state index in [2.05, 4.69) is 0 Å². The van der Waals surface area contributed by atoms with Crippen molar-refractivity contribution >= 4 is 33.5 Å². The Morgan fingerprint density at radius 1 is 0.933 bits per heavy atom. The fourth-order valence-electron chi connectivity index (χ4n) is 1.74. The van der Waals surface area contributed by atoms with Crippen LogP contribution in [0.4, 0.5) is 0 Å². The summed E-state index contributed by atoms with van der Waals surface area (Å²) in [4.78, 5) is 0. The van der Waals surface area contributed by atoms with Gasteiger partial charge >= 0.3 is 0 Å². The first-order valence-corrected chi connectivity index (χ1v) is 4.92. The summed E-state index contributed by atoms with van der Waals surface area (Å²) < 4.78 is 5.59. The molecule has 2 nitrogen and oxygen atoms in total. The third kappa shape index (κ3) is 1.26. The van der Waals surface area contributed by atoms with Crippen molar-refractivity contribution in [3.05, 3.63) is 41.4 Å². The molecule has 2 aromatic carbocycles. The Morgan fingerprint density at radius 3 is 2.40 bits per heavy atom. The Hall–Kier alpha value is -1.67. The van der Waals surface area contributed by atoms with Crippen molar-refractivity contribution in [3.63, 3.8) is 0 Å². The second kappa shape index (κ2) is 2.91. The lowest BCUT2D eigenvalue weighted by atomic mass is 10.1. The summed E-state index contributed by atoms with van der Waals surface area (Å²) in [6, 6.07) is 10.5. The van der Waals surface area contributed by atoms with Crippen LogP contribution < -0.4 is 0 Å². The molecule has 0 amide bonds. The van der Waals surface area contributed by atoms with E-state index in [0.29, 0.717) is 5.02 Å². The molecule has 0 bridgehead atoms. The Balaban J connectivity index is 2.55. The monoisotopic (exact) mass is 218 g/mol. The van der Waals surface area contributed by atoms with Gasteiger partial charge in [-0.1, -0.05) is 11.6 Å². The number of benzene rings is 2. The van der Waals surface area contributed by atoms with Crippen LogP contribution in [0.25, 0.3) is 21.9 Å².